The Kier molecular flexibility index (Phi) is 4.76. The molecule has 0 fully saturated rings. The van der Waals surface area contributed by atoms with Crippen LogP contribution in [0.25, 0.3) is 11.4 Å². The first-order valence-electron chi connectivity index (χ1n) is 7.57. The summed E-state index contributed by atoms with van der Waals surface area (Å²) in [7, 11) is 0. The fourth-order valence-electron chi connectivity index (χ4n) is 2.21. The molecule has 0 aliphatic rings. The number of nitrogens with zero attached hydrogens (tertiary/aromatic N) is 2. The van der Waals surface area contributed by atoms with Gasteiger partial charge < -0.3 is 9.84 Å². The first-order chi connectivity index (χ1) is 11.6. The van der Waals surface area contributed by atoms with Gasteiger partial charge in [0.1, 0.15) is 0 Å². The molecule has 6 heteroatoms. The second-order valence-corrected chi connectivity index (χ2v) is 6.22. The molecule has 0 radical (unpaired) electrons. The van der Waals surface area contributed by atoms with Crippen molar-refractivity contribution in [2.75, 3.05) is 5.32 Å². The molecule has 0 saturated heterocycles. The quantitative estimate of drug-likeness (QED) is 0.710. The van der Waals surface area contributed by atoms with Gasteiger partial charge in [-0.1, -0.05) is 40.1 Å². The largest absolute Gasteiger partial charge is 0.339 e. The molecule has 0 atom stereocenters. The number of carbonyl (C=O) groups is 1. The van der Waals surface area contributed by atoms with Crippen LogP contribution in [0.5, 0.6) is 0 Å². The Morgan fingerprint density at radius 1 is 1.21 bits per heavy atom. The summed E-state index contributed by atoms with van der Waals surface area (Å²) >= 11 is 3.45. The van der Waals surface area contributed by atoms with Crippen molar-refractivity contribution < 1.29 is 9.32 Å². The monoisotopic (exact) mass is 385 g/mol. The lowest BCUT2D eigenvalue weighted by atomic mass is 10.1. The molecule has 122 valence electrons. The topological polar surface area (TPSA) is 68.0 Å². The number of amides is 1. The second-order valence-electron chi connectivity index (χ2n) is 5.36. The van der Waals surface area contributed by atoms with E-state index in [1.54, 1.807) is 12.1 Å². The van der Waals surface area contributed by atoms with Crippen LogP contribution in [0.1, 0.15) is 28.7 Å². The minimum atomic E-state index is -0.161. The highest BCUT2D eigenvalue weighted by molar-refractivity contribution is 9.10. The Bertz CT molecular complexity index is 872. The Balaban J connectivity index is 1.74. The predicted molar refractivity (Wildman–Crippen MR) is 95.9 cm³/mol. The van der Waals surface area contributed by atoms with E-state index in [1.165, 1.54) is 0 Å². The van der Waals surface area contributed by atoms with E-state index in [0.29, 0.717) is 23.7 Å². The van der Waals surface area contributed by atoms with Crippen LogP contribution >= 0.6 is 15.9 Å². The zero-order valence-corrected chi connectivity index (χ0v) is 14.9. The van der Waals surface area contributed by atoms with E-state index in [4.69, 9.17) is 4.52 Å². The molecule has 0 unspecified atom stereocenters. The summed E-state index contributed by atoms with van der Waals surface area (Å²) in [4.78, 5) is 16.6. The number of hydrogen-bond donors (Lipinski definition) is 1. The van der Waals surface area contributed by atoms with Crippen LogP contribution < -0.4 is 5.32 Å². The zero-order chi connectivity index (χ0) is 17.1. The molecule has 1 amide bonds. The van der Waals surface area contributed by atoms with Crippen molar-refractivity contribution in [1.29, 1.82) is 0 Å². The van der Waals surface area contributed by atoms with E-state index < -0.39 is 0 Å². The van der Waals surface area contributed by atoms with Gasteiger partial charge in [-0.2, -0.15) is 4.98 Å². The Labute approximate surface area is 148 Å². The Hall–Kier alpha value is -2.47. The average Bonchev–Trinajstić information content (AvgIpc) is 3.07. The fourth-order valence-corrected chi connectivity index (χ4v) is 2.46. The molecule has 0 aliphatic carbocycles. The van der Waals surface area contributed by atoms with Crippen molar-refractivity contribution >= 4 is 27.5 Å². The van der Waals surface area contributed by atoms with Crippen molar-refractivity contribution in [3.8, 4) is 11.4 Å². The van der Waals surface area contributed by atoms with E-state index >= 15 is 0 Å². The van der Waals surface area contributed by atoms with Crippen molar-refractivity contribution in [2.45, 2.75) is 20.3 Å². The maximum absolute atomic E-state index is 12.3. The Morgan fingerprint density at radius 3 is 2.58 bits per heavy atom. The molecule has 3 aromatic rings. The van der Waals surface area contributed by atoms with Crippen molar-refractivity contribution in [1.82, 2.24) is 10.1 Å². The normalized spacial score (nSPS) is 10.6. The van der Waals surface area contributed by atoms with E-state index in [1.807, 2.05) is 44.2 Å². The minimum absolute atomic E-state index is 0.161. The molecule has 1 aromatic heterocycles. The number of anilines is 1. The second kappa shape index (κ2) is 6.97. The van der Waals surface area contributed by atoms with Gasteiger partial charge in [0.25, 0.3) is 5.91 Å². The number of aryl methyl sites for hydroxylation is 2. The third-order valence-electron chi connectivity index (χ3n) is 3.59. The molecular weight excluding hydrogens is 370 g/mol. The third-order valence-corrected chi connectivity index (χ3v) is 4.48. The van der Waals surface area contributed by atoms with Gasteiger partial charge in [0.05, 0.1) is 0 Å². The summed E-state index contributed by atoms with van der Waals surface area (Å²) in [6.07, 6.45) is 0.695. The highest BCUT2D eigenvalue weighted by atomic mass is 79.9. The summed E-state index contributed by atoms with van der Waals surface area (Å²) in [5.41, 5.74) is 3.20. The Morgan fingerprint density at radius 2 is 1.96 bits per heavy atom. The molecule has 0 spiro atoms. The van der Waals surface area contributed by atoms with Gasteiger partial charge in [-0.15, -0.1) is 0 Å². The zero-order valence-electron chi connectivity index (χ0n) is 13.3. The van der Waals surface area contributed by atoms with Crippen LogP contribution in [0, 0.1) is 6.92 Å². The number of aromatic nitrogens is 2. The molecule has 0 bridgehead atoms. The summed E-state index contributed by atoms with van der Waals surface area (Å²) in [5, 5.41) is 6.82. The summed E-state index contributed by atoms with van der Waals surface area (Å²) in [6, 6.07) is 12.8. The third kappa shape index (κ3) is 3.54. The fraction of sp³-hybridized carbons (Fsp3) is 0.167. The van der Waals surface area contributed by atoms with Crippen LogP contribution in [0.4, 0.5) is 5.69 Å². The van der Waals surface area contributed by atoms with Gasteiger partial charge >= 0.3 is 0 Å². The first-order valence-corrected chi connectivity index (χ1v) is 8.36. The standard InChI is InChI=1S/C18H16BrN3O2/c1-3-16-21-17(22-24-16)12-4-6-13(7-5-12)18(23)20-14-8-9-15(19)11(2)10-14/h4-10H,3H2,1-2H3,(H,20,23). The molecule has 0 aliphatic heterocycles. The van der Waals surface area contributed by atoms with Gasteiger partial charge in [-0.05, 0) is 42.8 Å². The van der Waals surface area contributed by atoms with Crippen LogP contribution in [-0.4, -0.2) is 16.0 Å². The minimum Gasteiger partial charge on any atom is -0.339 e. The van der Waals surface area contributed by atoms with Crippen LogP contribution in [0.15, 0.2) is 51.5 Å². The number of halogens is 1. The molecule has 24 heavy (non-hydrogen) atoms. The summed E-state index contributed by atoms with van der Waals surface area (Å²) in [5.74, 6) is 0.963. The lowest BCUT2D eigenvalue weighted by Crippen LogP contribution is -2.11. The number of rotatable bonds is 4. The van der Waals surface area contributed by atoms with E-state index in [0.717, 1.165) is 21.3 Å². The predicted octanol–water partition coefficient (Wildman–Crippen LogP) is 4.62. The number of nitrogens with one attached hydrogen (secondary N) is 1. The van der Waals surface area contributed by atoms with Crippen molar-refractivity contribution in [2.24, 2.45) is 0 Å². The molecule has 1 N–H and O–H groups in total. The number of hydrogen-bond acceptors (Lipinski definition) is 4. The summed E-state index contributed by atoms with van der Waals surface area (Å²) < 4.78 is 6.11. The van der Waals surface area contributed by atoms with E-state index in [-0.39, 0.29) is 5.91 Å². The lowest BCUT2D eigenvalue weighted by Gasteiger charge is -2.07. The van der Waals surface area contributed by atoms with Gasteiger partial charge in [-0.3, -0.25) is 4.79 Å². The highest BCUT2D eigenvalue weighted by Crippen LogP contribution is 2.21. The van der Waals surface area contributed by atoms with Crippen molar-refractivity contribution in [3.05, 3.63) is 64.0 Å². The lowest BCUT2D eigenvalue weighted by molar-refractivity contribution is 0.102. The molecule has 2 aromatic carbocycles. The summed E-state index contributed by atoms with van der Waals surface area (Å²) in [6.45, 7) is 3.93. The average molecular weight is 386 g/mol. The number of benzene rings is 2. The van der Waals surface area contributed by atoms with Crippen molar-refractivity contribution in [3.63, 3.8) is 0 Å². The van der Waals surface area contributed by atoms with Crippen LogP contribution in [-0.2, 0) is 6.42 Å². The molecule has 5 nitrogen and oxygen atoms in total. The molecule has 0 saturated carbocycles. The number of carbonyl (C=O) groups excluding carboxylic acids is 1. The maximum Gasteiger partial charge on any atom is 0.255 e. The molecule has 3 rings (SSSR count). The molecule has 1 heterocycles. The maximum atomic E-state index is 12.3. The SMILES string of the molecule is CCc1nc(-c2ccc(C(=O)Nc3ccc(Br)c(C)c3)cc2)no1. The van der Waals surface area contributed by atoms with E-state index in [9.17, 15) is 4.79 Å². The smallest absolute Gasteiger partial charge is 0.255 e. The highest BCUT2D eigenvalue weighted by Gasteiger charge is 2.10. The van der Waals surface area contributed by atoms with Gasteiger partial charge in [0.2, 0.25) is 11.7 Å². The van der Waals surface area contributed by atoms with Gasteiger partial charge in [0, 0.05) is 27.7 Å². The van der Waals surface area contributed by atoms with Gasteiger partial charge in [-0.25, -0.2) is 0 Å². The van der Waals surface area contributed by atoms with Gasteiger partial charge in [0.15, 0.2) is 0 Å². The van der Waals surface area contributed by atoms with Crippen LogP contribution in [0.2, 0.25) is 0 Å². The molecular formula is C18H16BrN3O2. The van der Waals surface area contributed by atoms with Crippen LogP contribution in [0.3, 0.4) is 0 Å². The first kappa shape index (κ1) is 16.4. The van der Waals surface area contributed by atoms with E-state index in [2.05, 4.69) is 31.4 Å².